The number of hydrogen-bond acceptors (Lipinski definition) is 3. The van der Waals surface area contributed by atoms with Gasteiger partial charge in [-0.1, -0.05) is 12.5 Å². The molecule has 0 radical (unpaired) electrons. The number of hydrogen-bond donors (Lipinski definition) is 2. The summed E-state index contributed by atoms with van der Waals surface area (Å²) in [5, 5.41) is 4.47. The van der Waals surface area contributed by atoms with E-state index in [2.05, 4.69) is 11.6 Å². The Hall–Kier alpha value is -1.00. The summed E-state index contributed by atoms with van der Waals surface area (Å²) >= 11 is 1.99. The average molecular weight is 292 g/mol. The average Bonchev–Trinajstić information content (AvgIpc) is 2.46. The number of carbonyl (C=O) groups is 1. The lowest BCUT2D eigenvalue weighted by atomic mass is 9.94. The quantitative estimate of drug-likeness (QED) is 0.877. The Labute approximate surface area is 125 Å². The van der Waals surface area contributed by atoms with E-state index in [4.69, 9.17) is 5.73 Å². The molecule has 2 rings (SSSR count). The van der Waals surface area contributed by atoms with Crippen LogP contribution >= 0.6 is 11.8 Å². The zero-order valence-corrected chi connectivity index (χ0v) is 13.1. The summed E-state index contributed by atoms with van der Waals surface area (Å²) in [5.41, 5.74) is 8.27. The molecule has 3 N–H and O–H groups in total. The van der Waals surface area contributed by atoms with Crippen LogP contribution in [-0.2, 0) is 6.54 Å². The summed E-state index contributed by atoms with van der Waals surface area (Å²) in [4.78, 5) is 11.1. The zero-order chi connectivity index (χ0) is 14.5. The summed E-state index contributed by atoms with van der Waals surface area (Å²) < 4.78 is 0. The Kier molecular flexibility index (Phi) is 5.49. The molecule has 1 fully saturated rings. The molecular weight excluding hydrogens is 268 g/mol. The second kappa shape index (κ2) is 7.14. The summed E-state index contributed by atoms with van der Waals surface area (Å²) in [6.07, 6.45) is 7.42. The molecule has 1 aromatic rings. The Balaban J connectivity index is 1.92. The van der Waals surface area contributed by atoms with Crippen LogP contribution in [0.15, 0.2) is 18.2 Å². The van der Waals surface area contributed by atoms with Gasteiger partial charge in [0.15, 0.2) is 0 Å². The summed E-state index contributed by atoms with van der Waals surface area (Å²) in [7, 11) is 0. The maximum absolute atomic E-state index is 11.1. The first-order valence-corrected chi connectivity index (χ1v) is 8.54. The highest BCUT2D eigenvalue weighted by Gasteiger charge is 2.20. The Bertz CT molecular complexity index is 476. The highest BCUT2D eigenvalue weighted by Crippen LogP contribution is 2.27. The van der Waals surface area contributed by atoms with Gasteiger partial charge in [-0.3, -0.25) is 4.79 Å². The van der Waals surface area contributed by atoms with Crippen molar-refractivity contribution in [3.05, 3.63) is 34.9 Å². The van der Waals surface area contributed by atoms with E-state index in [9.17, 15) is 4.79 Å². The molecule has 1 saturated carbocycles. The third-order valence-corrected chi connectivity index (χ3v) is 5.26. The fourth-order valence-electron chi connectivity index (χ4n) is 2.85. The van der Waals surface area contributed by atoms with E-state index in [1.807, 2.05) is 36.9 Å². The van der Waals surface area contributed by atoms with E-state index in [1.165, 1.54) is 31.2 Å². The van der Waals surface area contributed by atoms with Crippen LogP contribution in [0.5, 0.6) is 0 Å². The van der Waals surface area contributed by atoms with E-state index < -0.39 is 0 Å². The molecule has 1 amide bonds. The van der Waals surface area contributed by atoms with Gasteiger partial charge in [0, 0.05) is 23.4 Å². The van der Waals surface area contributed by atoms with Crippen LogP contribution in [0.25, 0.3) is 0 Å². The van der Waals surface area contributed by atoms with Crippen molar-refractivity contribution in [1.29, 1.82) is 0 Å². The molecule has 2 unspecified atom stereocenters. The highest BCUT2D eigenvalue weighted by atomic mass is 32.2. The van der Waals surface area contributed by atoms with E-state index in [-0.39, 0.29) is 5.91 Å². The molecule has 0 spiro atoms. The second-order valence-electron chi connectivity index (χ2n) is 5.61. The van der Waals surface area contributed by atoms with Gasteiger partial charge < -0.3 is 11.1 Å². The Morgan fingerprint density at radius 2 is 2.25 bits per heavy atom. The minimum Gasteiger partial charge on any atom is -0.366 e. The monoisotopic (exact) mass is 292 g/mol. The largest absolute Gasteiger partial charge is 0.366 e. The number of thioether (sulfide) groups is 1. The van der Waals surface area contributed by atoms with Crippen LogP contribution in [0.2, 0.25) is 0 Å². The molecule has 4 heteroatoms. The van der Waals surface area contributed by atoms with Crippen LogP contribution in [0.1, 0.15) is 47.2 Å². The fourth-order valence-corrected chi connectivity index (χ4v) is 3.67. The lowest BCUT2D eigenvalue weighted by molar-refractivity contribution is 0.1000. The van der Waals surface area contributed by atoms with Crippen LogP contribution < -0.4 is 11.1 Å². The van der Waals surface area contributed by atoms with Crippen LogP contribution in [0.3, 0.4) is 0 Å². The number of aryl methyl sites for hydroxylation is 1. The predicted molar refractivity (Wildman–Crippen MR) is 86.1 cm³/mol. The number of amides is 1. The van der Waals surface area contributed by atoms with Crippen LogP contribution in [-0.4, -0.2) is 23.5 Å². The standard InChI is InChI=1S/C16H24N2OS/c1-11-8-12(16(17)19)6-7-13(11)10-18-14-4-3-5-15(9-14)20-2/h6-8,14-15,18H,3-5,9-10H2,1-2H3,(H2,17,19). The second-order valence-corrected chi connectivity index (χ2v) is 6.75. The minimum atomic E-state index is -0.359. The third kappa shape index (κ3) is 4.00. The molecule has 0 bridgehead atoms. The number of primary amides is 1. The molecule has 20 heavy (non-hydrogen) atoms. The van der Waals surface area contributed by atoms with Gasteiger partial charge in [0.05, 0.1) is 0 Å². The molecule has 110 valence electrons. The van der Waals surface area contributed by atoms with Crippen molar-refractivity contribution < 1.29 is 4.79 Å². The van der Waals surface area contributed by atoms with Gasteiger partial charge in [-0.2, -0.15) is 11.8 Å². The summed E-state index contributed by atoms with van der Waals surface area (Å²) in [5.74, 6) is -0.359. The van der Waals surface area contributed by atoms with Gasteiger partial charge in [0.25, 0.3) is 0 Å². The van der Waals surface area contributed by atoms with Crippen molar-refractivity contribution in [1.82, 2.24) is 5.32 Å². The lowest BCUT2D eigenvalue weighted by Gasteiger charge is -2.29. The van der Waals surface area contributed by atoms with Gasteiger partial charge in [0.2, 0.25) is 5.91 Å². The molecule has 1 aromatic carbocycles. The molecule has 2 atom stereocenters. The third-order valence-electron chi connectivity index (χ3n) is 4.17. The molecule has 0 heterocycles. The van der Waals surface area contributed by atoms with Crippen LogP contribution in [0, 0.1) is 6.92 Å². The Morgan fingerprint density at radius 3 is 2.90 bits per heavy atom. The summed E-state index contributed by atoms with van der Waals surface area (Å²) in [6.45, 7) is 2.91. The molecular formula is C16H24N2OS. The van der Waals surface area contributed by atoms with Crippen molar-refractivity contribution in [2.24, 2.45) is 5.73 Å². The molecule has 0 aromatic heterocycles. The summed E-state index contributed by atoms with van der Waals surface area (Å²) in [6, 6.07) is 6.33. The van der Waals surface area contributed by atoms with Gasteiger partial charge >= 0.3 is 0 Å². The van der Waals surface area contributed by atoms with E-state index in [0.717, 1.165) is 17.4 Å². The van der Waals surface area contributed by atoms with Gasteiger partial charge in [-0.05, 0) is 55.7 Å². The van der Waals surface area contributed by atoms with E-state index in [0.29, 0.717) is 11.6 Å². The van der Waals surface area contributed by atoms with Gasteiger partial charge in [-0.15, -0.1) is 0 Å². The maximum atomic E-state index is 11.1. The smallest absolute Gasteiger partial charge is 0.248 e. The number of benzene rings is 1. The number of carbonyl (C=O) groups excluding carboxylic acids is 1. The molecule has 1 aliphatic carbocycles. The fraction of sp³-hybridized carbons (Fsp3) is 0.562. The first kappa shape index (κ1) is 15.4. The van der Waals surface area contributed by atoms with Gasteiger partial charge in [-0.25, -0.2) is 0 Å². The Morgan fingerprint density at radius 1 is 1.45 bits per heavy atom. The molecule has 1 aliphatic rings. The van der Waals surface area contributed by atoms with Crippen LogP contribution in [0.4, 0.5) is 0 Å². The maximum Gasteiger partial charge on any atom is 0.248 e. The number of rotatable bonds is 5. The van der Waals surface area contributed by atoms with Crippen molar-refractivity contribution in [2.45, 2.75) is 50.4 Å². The number of nitrogens with one attached hydrogen (secondary N) is 1. The van der Waals surface area contributed by atoms with E-state index >= 15 is 0 Å². The predicted octanol–water partition coefficient (Wildman–Crippen LogP) is 2.86. The minimum absolute atomic E-state index is 0.359. The van der Waals surface area contributed by atoms with E-state index in [1.54, 1.807) is 0 Å². The normalized spacial score (nSPS) is 22.7. The molecule has 3 nitrogen and oxygen atoms in total. The zero-order valence-electron chi connectivity index (χ0n) is 12.3. The topological polar surface area (TPSA) is 55.1 Å². The SMILES string of the molecule is CSC1CCCC(NCc2ccc(C(N)=O)cc2C)C1. The van der Waals surface area contributed by atoms with Gasteiger partial charge in [0.1, 0.15) is 0 Å². The first-order chi connectivity index (χ1) is 9.60. The van der Waals surface area contributed by atoms with Crippen molar-refractivity contribution >= 4 is 17.7 Å². The van der Waals surface area contributed by atoms with Crippen molar-refractivity contribution in [2.75, 3.05) is 6.26 Å². The van der Waals surface area contributed by atoms with Crippen molar-refractivity contribution in [3.63, 3.8) is 0 Å². The molecule has 0 aliphatic heterocycles. The molecule has 0 saturated heterocycles. The highest BCUT2D eigenvalue weighted by molar-refractivity contribution is 7.99. The van der Waals surface area contributed by atoms with Crippen molar-refractivity contribution in [3.8, 4) is 0 Å². The lowest BCUT2D eigenvalue weighted by Crippen LogP contribution is -2.34. The first-order valence-electron chi connectivity index (χ1n) is 7.25. The number of nitrogens with two attached hydrogens (primary N) is 1.